The minimum absolute atomic E-state index is 0.148. The third kappa shape index (κ3) is 3.20. The molecule has 1 N–H and O–H groups in total. The van der Waals surface area contributed by atoms with Crippen LogP contribution in [0.4, 0.5) is 0 Å². The van der Waals surface area contributed by atoms with Crippen molar-refractivity contribution in [1.29, 1.82) is 0 Å². The van der Waals surface area contributed by atoms with Crippen LogP contribution < -0.4 is 4.74 Å². The number of nitrogens with zero attached hydrogens (tertiary/aromatic N) is 1. The Labute approximate surface area is 150 Å². The predicted molar refractivity (Wildman–Crippen MR) is 94.4 cm³/mol. The molecule has 5 nitrogen and oxygen atoms in total. The monoisotopic (exact) mass is 359 g/mol. The maximum absolute atomic E-state index is 12.7. The second-order valence-corrected chi connectivity index (χ2v) is 6.50. The van der Waals surface area contributed by atoms with Gasteiger partial charge in [-0.25, -0.2) is 0 Å². The van der Waals surface area contributed by atoms with Gasteiger partial charge in [-0.3, -0.25) is 9.59 Å². The summed E-state index contributed by atoms with van der Waals surface area (Å²) in [5, 5.41) is 9.85. The van der Waals surface area contributed by atoms with E-state index < -0.39 is 12.0 Å². The van der Waals surface area contributed by atoms with Gasteiger partial charge in [0.15, 0.2) is 0 Å². The first-order valence-electron chi connectivity index (χ1n) is 7.84. The molecule has 1 heterocycles. The van der Waals surface area contributed by atoms with Crippen LogP contribution in [0.5, 0.6) is 5.75 Å². The van der Waals surface area contributed by atoms with E-state index in [4.69, 9.17) is 16.3 Å². The molecule has 25 heavy (non-hydrogen) atoms. The van der Waals surface area contributed by atoms with E-state index in [2.05, 4.69) is 0 Å². The van der Waals surface area contributed by atoms with Gasteiger partial charge in [0.25, 0.3) is 5.91 Å². The zero-order chi connectivity index (χ0) is 18.1. The Morgan fingerprint density at radius 2 is 1.92 bits per heavy atom. The summed E-state index contributed by atoms with van der Waals surface area (Å²) in [6.45, 7) is 0. The minimum atomic E-state index is -0.950. The van der Waals surface area contributed by atoms with Crippen LogP contribution in [0.1, 0.15) is 33.8 Å². The molecule has 1 aliphatic rings. The molecule has 0 saturated carbocycles. The number of carboxylic acids is 1. The molecule has 0 fully saturated rings. The van der Waals surface area contributed by atoms with E-state index in [1.54, 1.807) is 32.4 Å². The van der Waals surface area contributed by atoms with Crippen LogP contribution in [0.15, 0.2) is 42.5 Å². The first-order valence-corrected chi connectivity index (χ1v) is 8.22. The highest BCUT2D eigenvalue weighted by Crippen LogP contribution is 2.40. The van der Waals surface area contributed by atoms with Crippen LogP contribution >= 0.6 is 11.6 Å². The quantitative estimate of drug-likeness (QED) is 0.908. The van der Waals surface area contributed by atoms with Crippen molar-refractivity contribution in [3.05, 3.63) is 64.2 Å². The number of halogens is 1. The van der Waals surface area contributed by atoms with E-state index in [1.165, 1.54) is 4.90 Å². The maximum atomic E-state index is 12.7. The van der Waals surface area contributed by atoms with Gasteiger partial charge < -0.3 is 14.7 Å². The number of carbonyl (C=O) groups excluding carboxylic acids is 1. The number of rotatable bonds is 4. The van der Waals surface area contributed by atoms with Gasteiger partial charge in [0, 0.05) is 23.6 Å². The van der Waals surface area contributed by atoms with E-state index in [1.807, 2.05) is 24.3 Å². The standard InChI is InChI=1S/C19H18ClNO4/c1-21-16(10-17(22)23)18(11-3-6-13(25-2)7-4-11)15-9-12(20)5-8-14(15)19(21)24/h3-9,16,18H,10H2,1-2H3,(H,22,23). The van der Waals surface area contributed by atoms with Gasteiger partial charge in [0.1, 0.15) is 5.75 Å². The van der Waals surface area contributed by atoms with Crippen molar-refractivity contribution in [3.63, 3.8) is 0 Å². The smallest absolute Gasteiger partial charge is 0.305 e. The van der Waals surface area contributed by atoms with Crippen LogP contribution in [0.2, 0.25) is 5.02 Å². The molecular weight excluding hydrogens is 342 g/mol. The molecule has 0 radical (unpaired) electrons. The fourth-order valence-electron chi connectivity index (χ4n) is 3.40. The third-order valence-corrected chi connectivity index (χ3v) is 4.88. The largest absolute Gasteiger partial charge is 0.497 e. The first-order chi connectivity index (χ1) is 11.9. The van der Waals surface area contributed by atoms with Crippen molar-refractivity contribution in [3.8, 4) is 5.75 Å². The summed E-state index contributed by atoms with van der Waals surface area (Å²) < 4.78 is 5.19. The topological polar surface area (TPSA) is 66.8 Å². The second-order valence-electron chi connectivity index (χ2n) is 6.06. The molecule has 2 aromatic rings. The van der Waals surface area contributed by atoms with Gasteiger partial charge in [0.2, 0.25) is 0 Å². The van der Waals surface area contributed by atoms with Crippen molar-refractivity contribution in [2.24, 2.45) is 0 Å². The van der Waals surface area contributed by atoms with Crippen molar-refractivity contribution in [1.82, 2.24) is 4.90 Å². The van der Waals surface area contributed by atoms with E-state index >= 15 is 0 Å². The Morgan fingerprint density at radius 1 is 1.24 bits per heavy atom. The van der Waals surface area contributed by atoms with Crippen LogP contribution in [0.3, 0.4) is 0 Å². The Hall–Kier alpha value is -2.53. The highest BCUT2D eigenvalue weighted by atomic mass is 35.5. The molecule has 2 atom stereocenters. The van der Waals surface area contributed by atoms with Crippen LogP contribution in [-0.4, -0.2) is 42.1 Å². The Balaban J connectivity index is 2.17. The number of carboxylic acid groups (broad SMARTS) is 1. The fourth-order valence-corrected chi connectivity index (χ4v) is 3.58. The SMILES string of the molecule is COc1ccc(C2c3cc(Cl)ccc3C(=O)N(C)C2CC(=O)O)cc1. The van der Waals surface area contributed by atoms with E-state index in [0.717, 1.165) is 11.1 Å². The zero-order valence-corrected chi connectivity index (χ0v) is 14.7. The number of methoxy groups -OCH3 is 1. The lowest BCUT2D eigenvalue weighted by Gasteiger charge is -2.40. The number of likely N-dealkylation sites (N-methyl/N-ethyl adjacent to an activating group) is 1. The van der Waals surface area contributed by atoms with Crippen molar-refractivity contribution < 1.29 is 19.4 Å². The van der Waals surface area contributed by atoms with Crippen molar-refractivity contribution in [2.45, 2.75) is 18.4 Å². The van der Waals surface area contributed by atoms with Crippen molar-refractivity contribution >= 4 is 23.5 Å². The number of hydrogen-bond acceptors (Lipinski definition) is 3. The zero-order valence-electron chi connectivity index (χ0n) is 13.9. The summed E-state index contributed by atoms with van der Waals surface area (Å²) in [5.74, 6) is -0.709. The molecule has 6 heteroatoms. The summed E-state index contributed by atoms with van der Waals surface area (Å²) in [6, 6.07) is 12.1. The number of fused-ring (bicyclic) bond motifs is 1. The van der Waals surface area contributed by atoms with Gasteiger partial charge >= 0.3 is 5.97 Å². The second kappa shape index (κ2) is 6.76. The normalized spacial score (nSPS) is 19.5. The molecule has 2 unspecified atom stereocenters. The molecule has 2 aromatic carbocycles. The number of carbonyl (C=O) groups is 2. The van der Waals surface area contributed by atoms with E-state index in [-0.39, 0.29) is 18.2 Å². The molecule has 1 amide bonds. The van der Waals surface area contributed by atoms with Crippen LogP contribution in [0.25, 0.3) is 0 Å². The lowest BCUT2D eigenvalue weighted by molar-refractivity contribution is -0.138. The highest BCUT2D eigenvalue weighted by molar-refractivity contribution is 6.30. The number of benzene rings is 2. The lowest BCUT2D eigenvalue weighted by Crippen LogP contribution is -2.47. The van der Waals surface area contributed by atoms with Crippen molar-refractivity contribution in [2.75, 3.05) is 14.2 Å². The fraction of sp³-hybridized carbons (Fsp3) is 0.263. The van der Waals surface area contributed by atoms with E-state index in [0.29, 0.717) is 16.3 Å². The summed E-state index contributed by atoms with van der Waals surface area (Å²) in [4.78, 5) is 25.6. The molecule has 0 spiro atoms. The summed E-state index contributed by atoms with van der Waals surface area (Å²) >= 11 is 6.15. The Kier molecular flexibility index (Phi) is 4.68. The average molecular weight is 360 g/mol. The molecule has 0 aromatic heterocycles. The average Bonchev–Trinajstić information content (AvgIpc) is 2.59. The highest BCUT2D eigenvalue weighted by Gasteiger charge is 2.39. The third-order valence-electron chi connectivity index (χ3n) is 4.64. The molecular formula is C19H18ClNO4. The molecule has 3 rings (SSSR count). The molecule has 0 aliphatic carbocycles. The Bertz CT molecular complexity index is 819. The number of amides is 1. The van der Waals surface area contributed by atoms with Gasteiger partial charge in [-0.1, -0.05) is 23.7 Å². The number of ether oxygens (including phenoxy) is 1. The van der Waals surface area contributed by atoms with Gasteiger partial charge in [-0.2, -0.15) is 0 Å². The van der Waals surface area contributed by atoms with Crippen LogP contribution in [-0.2, 0) is 4.79 Å². The summed E-state index contributed by atoms with van der Waals surface area (Å²) in [5.41, 5.74) is 2.22. The summed E-state index contributed by atoms with van der Waals surface area (Å²) in [6.07, 6.45) is -0.148. The molecule has 0 saturated heterocycles. The summed E-state index contributed by atoms with van der Waals surface area (Å²) in [7, 11) is 3.23. The first kappa shape index (κ1) is 17.3. The number of hydrogen-bond donors (Lipinski definition) is 1. The van der Waals surface area contributed by atoms with Crippen LogP contribution in [0, 0.1) is 0 Å². The molecule has 130 valence electrons. The van der Waals surface area contributed by atoms with Gasteiger partial charge in [-0.15, -0.1) is 0 Å². The number of aliphatic carboxylic acids is 1. The molecule has 0 bridgehead atoms. The van der Waals surface area contributed by atoms with E-state index in [9.17, 15) is 14.7 Å². The minimum Gasteiger partial charge on any atom is -0.497 e. The molecule has 1 aliphatic heterocycles. The van der Waals surface area contributed by atoms with Gasteiger partial charge in [0.05, 0.1) is 19.6 Å². The maximum Gasteiger partial charge on any atom is 0.305 e. The Morgan fingerprint density at radius 3 is 2.52 bits per heavy atom. The predicted octanol–water partition coefficient (Wildman–Crippen LogP) is 3.41. The lowest BCUT2D eigenvalue weighted by atomic mass is 9.77. The van der Waals surface area contributed by atoms with Gasteiger partial charge in [-0.05, 0) is 41.5 Å².